The summed E-state index contributed by atoms with van der Waals surface area (Å²) in [5.41, 5.74) is 2.09. The average Bonchev–Trinajstić information content (AvgIpc) is 3.18. The van der Waals surface area contributed by atoms with Crippen LogP contribution in [-0.2, 0) is 14.3 Å². The molecule has 0 saturated carbocycles. The van der Waals surface area contributed by atoms with E-state index in [0.717, 1.165) is 16.8 Å². The van der Waals surface area contributed by atoms with Gasteiger partial charge in [-0.05, 0) is 37.3 Å². The zero-order valence-corrected chi connectivity index (χ0v) is 18.0. The second kappa shape index (κ2) is 9.98. The number of carbonyl (C=O) groups excluding carboxylic acids is 3. The molecule has 0 atom stereocenters. The number of aromatic nitrogens is 2. The Bertz CT molecular complexity index is 1090. The lowest BCUT2D eigenvalue weighted by Gasteiger charge is -2.09. The molecule has 3 aromatic rings. The number of methoxy groups -OCH3 is 2. The number of aromatic amines is 1. The Morgan fingerprint density at radius 2 is 1.71 bits per heavy atom. The highest BCUT2D eigenvalue weighted by atomic mass is 32.2. The minimum atomic E-state index is -0.635. The number of hydrogen-bond donors (Lipinski definition) is 2. The van der Waals surface area contributed by atoms with Gasteiger partial charge in [-0.3, -0.25) is 4.79 Å². The van der Waals surface area contributed by atoms with E-state index in [4.69, 9.17) is 14.2 Å². The largest absolute Gasteiger partial charge is 0.494 e. The minimum absolute atomic E-state index is 0.0636. The number of ether oxygens (including phenoxy) is 3. The number of H-pyrrole nitrogens is 1. The van der Waals surface area contributed by atoms with Crippen LogP contribution in [0.2, 0.25) is 0 Å². The molecule has 0 aliphatic carbocycles. The predicted molar refractivity (Wildman–Crippen MR) is 116 cm³/mol. The van der Waals surface area contributed by atoms with Gasteiger partial charge in [-0.25, -0.2) is 14.6 Å². The number of fused-ring (bicyclic) bond motifs is 1. The monoisotopic (exact) mass is 443 g/mol. The lowest BCUT2D eigenvalue weighted by molar-refractivity contribution is -0.113. The summed E-state index contributed by atoms with van der Waals surface area (Å²) in [5, 5.41) is 3.25. The van der Waals surface area contributed by atoms with E-state index < -0.39 is 11.9 Å². The van der Waals surface area contributed by atoms with Crippen LogP contribution in [0.4, 0.5) is 5.69 Å². The molecule has 162 valence electrons. The van der Waals surface area contributed by atoms with Gasteiger partial charge in [0.2, 0.25) is 5.91 Å². The molecule has 0 unspecified atom stereocenters. The first-order chi connectivity index (χ1) is 14.9. The molecule has 0 radical (unpaired) electrons. The molecule has 1 aromatic heterocycles. The van der Waals surface area contributed by atoms with Gasteiger partial charge in [0.25, 0.3) is 0 Å². The quantitative estimate of drug-likeness (QED) is 0.402. The van der Waals surface area contributed by atoms with E-state index in [1.165, 1.54) is 44.2 Å². The van der Waals surface area contributed by atoms with E-state index in [0.29, 0.717) is 11.8 Å². The van der Waals surface area contributed by atoms with Crippen LogP contribution in [0.5, 0.6) is 5.75 Å². The number of thioether (sulfide) groups is 1. The number of esters is 2. The molecular weight excluding hydrogens is 422 g/mol. The Morgan fingerprint density at radius 1 is 1.03 bits per heavy atom. The molecule has 31 heavy (non-hydrogen) atoms. The summed E-state index contributed by atoms with van der Waals surface area (Å²) in [6.45, 7) is 2.47. The summed E-state index contributed by atoms with van der Waals surface area (Å²) >= 11 is 1.22. The average molecular weight is 443 g/mol. The second-order valence-electron chi connectivity index (χ2n) is 6.27. The lowest BCUT2D eigenvalue weighted by atomic mass is 10.1. The van der Waals surface area contributed by atoms with Crippen molar-refractivity contribution in [3.05, 3.63) is 47.5 Å². The number of rotatable bonds is 8. The number of hydrogen-bond acceptors (Lipinski definition) is 8. The molecule has 2 N–H and O–H groups in total. The van der Waals surface area contributed by atoms with E-state index in [1.54, 1.807) is 0 Å². The van der Waals surface area contributed by atoms with E-state index in [9.17, 15) is 14.4 Å². The molecule has 1 heterocycles. The summed E-state index contributed by atoms with van der Waals surface area (Å²) in [5.74, 6) is -0.805. The van der Waals surface area contributed by atoms with Crippen molar-refractivity contribution in [2.24, 2.45) is 0 Å². The highest BCUT2D eigenvalue weighted by Crippen LogP contribution is 2.24. The normalized spacial score (nSPS) is 10.5. The predicted octanol–water partition coefficient (Wildman–Crippen LogP) is 3.27. The first kappa shape index (κ1) is 22.2. The van der Waals surface area contributed by atoms with Gasteiger partial charge in [-0.15, -0.1) is 0 Å². The molecule has 0 aliphatic heterocycles. The molecule has 2 aromatic carbocycles. The van der Waals surface area contributed by atoms with Crippen LogP contribution in [0.3, 0.4) is 0 Å². The standard InChI is InChI=1S/C21H21N3O6S/c1-4-30-15-5-6-16-17(10-15)24-21(23-16)31-11-18(25)22-14-8-12(19(26)28-2)7-13(9-14)20(27)29-3/h5-10H,4,11H2,1-3H3,(H,22,25)(H,23,24). The maximum absolute atomic E-state index is 12.4. The van der Waals surface area contributed by atoms with E-state index >= 15 is 0 Å². The van der Waals surface area contributed by atoms with Gasteiger partial charge in [0.15, 0.2) is 5.16 Å². The van der Waals surface area contributed by atoms with Crippen molar-refractivity contribution in [1.82, 2.24) is 9.97 Å². The van der Waals surface area contributed by atoms with Crippen LogP contribution in [0.15, 0.2) is 41.6 Å². The van der Waals surface area contributed by atoms with Crippen molar-refractivity contribution in [3.63, 3.8) is 0 Å². The Balaban J connectivity index is 1.69. The third kappa shape index (κ3) is 5.54. The number of carbonyl (C=O) groups is 3. The number of nitrogens with one attached hydrogen (secondary N) is 2. The van der Waals surface area contributed by atoms with Crippen molar-refractivity contribution in [3.8, 4) is 5.75 Å². The maximum Gasteiger partial charge on any atom is 0.337 e. The SMILES string of the molecule is CCOc1ccc2nc(SCC(=O)Nc3cc(C(=O)OC)cc(C(=O)OC)c3)[nH]c2c1. The van der Waals surface area contributed by atoms with Gasteiger partial charge in [-0.1, -0.05) is 11.8 Å². The molecule has 0 spiro atoms. The number of amides is 1. The Morgan fingerprint density at radius 3 is 2.32 bits per heavy atom. The lowest BCUT2D eigenvalue weighted by Crippen LogP contribution is -2.16. The van der Waals surface area contributed by atoms with Gasteiger partial charge < -0.3 is 24.5 Å². The zero-order valence-electron chi connectivity index (χ0n) is 17.2. The third-order valence-electron chi connectivity index (χ3n) is 4.14. The van der Waals surface area contributed by atoms with Crippen molar-refractivity contribution >= 4 is 46.3 Å². The maximum atomic E-state index is 12.4. The number of benzene rings is 2. The molecule has 0 fully saturated rings. The van der Waals surface area contributed by atoms with Gasteiger partial charge in [-0.2, -0.15) is 0 Å². The third-order valence-corrected chi connectivity index (χ3v) is 5.01. The van der Waals surface area contributed by atoms with E-state index in [2.05, 4.69) is 15.3 Å². The Kier molecular flexibility index (Phi) is 7.14. The number of imidazole rings is 1. The van der Waals surface area contributed by atoms with Crippen molar-refractivity contribution < 1.29 is 28.6 Å². The summed E-state index contributed by atoms with van der Waals surface area (Å²) in [6.07, 6.45) is 0. The summed E-state index contributed by atoms with van der Waals surface area (Å²) in [4.78, 5) is 43.7. The molecular formula is C21H21N3O6S. The minimum Gasteiger partial charge on any atom is -0.494 e. The molecule has 0 saturated heterocycles. The molecule has 0 aliphatic rings. The number of nitrogens with zero attached hydrogens (tertiary/aromatic N) is 1. The highest BCUT2D eigenvalue weighted by molar-refractivity contribution is 7.99. The first-order valence-electron chi connectivity index (χ1n) is 9.30. The van der Waals surface area contributed by atoms with E-state index in [-0.39, 0.29) is 28.5 Å². The molecule has 0 bridgehead atoms. The van der Waals surface area contributed by atoms with Crippen LogP contribution in [0.1, 0.15) is 27.6 Å². The fourth-order valence-corrected chi connectivity index (χ4v) is 3.48. The smallest absolute Gasteiger partial charge is 0.337 e. The summed E-state index contributed by atoms with van der Waals surface area (Å²) in [6, 6.07) is 9.72. The van der Waals surface area contributed by atoms with Gasteiger partial charge >= 0.3 is 11.9 Å². The van der Waals surface area contributed by atoms with Crippen LogP contribution >= 0.6 is 11.8 Å². The summed E-state index contributed by atoms with van der Waals surface area (Å²) in [7, 11) is 2.46. The first-order valence-corrected chi connectivity index (χ1v) is 10.3. The topological polar surface area (TPSA) is 120 Å². The fourth-order valence-electron chi connectivity index (χ4n) is 2.79. The fraction of sp³-hybridized carbons (Fsp3) is 0.238. The molecule has 9 nitrogen and oxygen atoms in total. The highest BCUT2D eigenvalue weighted by Gasteiger charge is 2.15. The Hall–Kier alpha value is -3.53. The van der Waals surface area contributed by atoms with Gasteiger partial charge in [0, 0.05) is 11.8 Å². The van der Waals surface area contributed by atoms with Crippen molar-refractivity contribution in [2.75, 3.05) is 31.9 Å². The zero-order chi connectivity index (χ0) is 22.4. The van der Waals surface area contributed by atoms with Gasteiger partial charge in [0.1, 0.15) is 5.75 Å². The van der Waals surface area contributed by atoms with Crippen LogP contribution in [0.25, 0.3) is 11.0 Å². The second-order valence-corrected chi connectivity index (χ2v) is 7.24. The molecule has 1 amide bonds. The van der Waals surface area contributed by atoms with Crippen molar-refractivity contribution in [1.29, 1.82) is 0 Å². The number of anilines is 1. The molecule has 10 heteroatoms. The van der Waals surface area contributed by atoms with Crippen LogP contribution < -0.4 is 10.1 Å². The van der Waals surface area contributed by atoms with Crippen LogP contribution in [-0.4, -0.2) is 54.4 Å². The summed E-state index contributed by atoms with van der Waals surface area (Å²) < 4.78 is 14.9. The van der Waals surface area contributed by atoms with Crippen molar-refractivity contribution in [2.45, 2.75) is 12.1 Å². The molecule has 3 rings (SSSR count). The van der Waals surface area contributed by atoms with Crippen LogP contribution in [0, 0.1) is 0 Å². The van der Waals surface area contributed by atoms with Gasteiger partial charge in [0.05, 0.1) is 48.7 Å². The van der Waals surface area contributed by atoms with E-state index in [1.807, 2.05) is 25.1 Å². The Labute approximate surface area is 182 Å².